The zero-order chi connectivity index (χ0) is 13.8. The van der Waals surface area contributed by atoms with Gasteiger partial charge in [0.1, 0.15) is 12.4 Å². The second kappa shape index (κ2) is 5.76. The summed E-state index contributed by atoms with van der Waals surface area (Å²) in [6.07, 6.45) is 0. The molecule has 0 aliphatic carbocycles. The quantitative estimate of drug-likeness (QED) is 0.920. The van der Waals surface area contributed by atoms with Gasteiger partial charge in [0.2, 0.25) is 0 Å². The standard InChI is InChI=1S/C15H13ClO3/c1-10-2-7-13(8-14(10)15(17)18)19-9-11-3-5-12(16)6-4-11/h2-8H,9H2,1H3,(H,17,18). The molecule has 98 valence electrons. The van der Waals surface area contributed by atoms with E-state index in [1.807, 2.05) is 12.1 Å². The van der Waals surface area contributed by atoms with E-state index in [2.05, 4.69) is 0 Å². The molecule has 0 radical (unpaired) electrons. The van der Waals surface area contributed by atoms with Gasteiger partial charge in [-0.1, -0.05) is 29.8 Å². The Morgan fingerprint density at radius 3 is 2.53 bits per heavy atom. The number of carboxylic acids is 1. The number of ether oxygens (including phenoxy) is 1. The molecule has 0 unspecified atom stereocenters. The van der Waals surface area contributed by atoms with Crippen molar-refractivity contribution in [1.82, 2.24) is 0 Å². The number of aryl methyl sites for hydroxylation is 1. The topological polar surface area (TPSA) is 46.5 Å². The summed E-state index contributed by atoms with van der Waals surface area (Å²) in [6.45, 7) is 2.13. The highest BCUT2D eigenvalue weighted by molar-refractivity contribution is 6.30. The smallest absolute Gasteiger partial charge is 0.336 e. The molecule has 1 N–H and O–H groups in total. The molecule has 0 aliphatic rings. The van der Waals surface area contributed by atoms with Crippen molar-refractivity contribution in [3.05, 3.63) is 64.2 Å². The molecule has 3 nitrogen and oxygen atoms in total. The van der Waals surface area contributed by atoms with Gasteiger partial charge >= 0.3 is 5.97 Å². The molecule has 0 atom stereocenters. The highest BCUT2D eigenvalue weighted by Gasteiger charge is 2.08. The van der Waals surface area contributed by atoms with E-state index >= 15 is 0 Å². The second-order valence-electron chi connectivity index (χ2n) is 4.20. The van der Waals surface area contributed by atoms with E-state index in [1.165, 1.54) is 6.07 Å². The lowest BCUT2D eigenvalue weighted by atomic mass is 10.1. The van der Waals surface area contributed by atoms with Crippen LogP contribution in [-0.4, -0.2) is 11.1 Å². The summed E-state index contributed by atoms with van der Waals surface area (Å²) in [6, 6.07) is 12.4. The summed E-state index contributed by atoms with van der Waals surface area (Å²) < 4.78 is 5.57. The van der Waals surface area contributed by atoms with Crippen LogP contribution in [-0.2, 0) is 6.61 Å². The average molecular weight is 277 g/mol. The van der Waals surface area contributed by atoms with Gasteiger partial charge in [0.15, 0.2) is 0 Å². The van der Waals surface area contributed by atoms with E-state index in [1.54, 1.807) is 31.2 Å². The predicted octanol–water partition coefficient (Wildman–Crippen LogP) is 3.93. The molecular formula is C15H13ClO3. The minimum absolute atomic E-state index is 0.258. The van der Waals surface area contributed by atoms with Crippen LogP contribution in [0.5, 0.6) is 5.75 Å². The summed E-state index contributed by atoms with van der Waals surface area (Å²) in [5, 5.41) is 9.71. The maximum absolute atomic E-state index is 11.0. The Kier molecular flexibility index (Phi) is 4.07. The average Bonchev–Trinajstić information content (AvgIpc) is 2.39. The van der Waals surface area contributed by atoms with Crippen LogP contribution in [0.4, 0.5) is 0 Å². The number of halogens is 1. The monoisotopic (exact) mass is 276 g/mol. The third kappa shape index (κ3) is 3.48. The van der Waals surface area contributed by atoms with Crippen LogP contribution in [0.15, 0.2) is 42.5 Å². The molecule has 0 heterocycles. The molecule has 4 heteroatoms. The molecule has 0 aromatic heterocycles. The van der Waals surface area contributed by atoms with Crippen LogP contribution in [0.25, 0.3) is 0 Å². The van der Waals surface area contributed by atoms with Gasteiger partial charge in [-0.15, -0.1) is 0 Å². The van der Waals surface area contributed by atoms with Gasteiger partial charge in [-0.05, 0) is 42.3 Å². The fourth-order valence-electron chi connectivity index (χ4n) is 1.67. The number of hydrogen-bond acceptors (Lipinski definition) is 2. The van der Waals surface area contributed by atoms with Crippen molar-refractivity contribution in [2.24, 2.45) is 0 Å². The lowest BCUT2D eigenvalue weighted by molar-refractivity contribution is 0.0695. The van der Waals surface area contributed by atoms with Crippen molar-refractivity contribution in [1.29, 1.82) is 0 Å². The molecule has 0 aliphatic heterocycles. The van der Waals surface area contributed by atoms with Crippen LogP contribution in [0, 0.1) is 6.92 Å². The van der Waals surface area contributed by atoms with E-state index in [4.69, 9.17) is 21.4 Å². The highest BCUT2D eigenvalue weighted by atomic mass is 35.5. The largest absolute Gasteiger partial charge is 0.489 e. The van der Waals surface area contributed by atoms with Crippen molar-refractivity contribution >= 4 is 17.6 Å². The molecular weight excluding hydrogens is 264 g/mol. The lowest BCUT2D eigenvalue weighted by Crippen LogP contribution is -2.01. The van der Waals surface area contributed by atoms with Crippen molar-refractivity contribution in [2.75, 3.05) is 0 Å². The zero-order valence-corrected chi connectivity index (χ0v) is 11.1. The van der Waals surface area contributed by atoms with Crippen molar-refractivity contribution in [3.8, 4) is 5.75 Å². The first-order valence-corrected chi connectivity index (χ1v) is 6.15. The van der Waals surface area contributed by atoms with Crippen LogP contribution in [0.2, 0.25) is 5.02 Å². The Morgan fingerprint density at radius 2 is 1.89 bits per heavy atom. The van der Waals surface area contributed by atoms with E-state index < -0.39 is 5.97 Å². The number of aromatic carboxylic acids is 1. The SMILES string of the molecule is Cc1ccc(OCc2ccc(Cl)cc2)cc1C(=O)O. The molecule has 2 aromatic carbocycles. The maximum Gasteiger partial charge on any atom is 0.336 e. The van der Waals surface area contributed by atoms with E-state index in [0.717, 1.165) is 5.56 Å². The number of rotatable bonds is 4. The van der Waals surface area contributed by atoms with Gasteiger partial charge in [0, 0.05) is 5.02 Å². The molecule has 0 saturated carbocycles. The molecule has 19 heavy (non-hydrogen) atoms. The Balaban J connectivity index is 2.09. The zero-order valence-electron chi connectivity index (χ0n) is 10.4. The van der Waals surface area contributed by atoms with Crippen molar-refractivity contribution < 1.29 is 14.6 Å². The van der Waals surface area contributed by atoms with E-state index in [0.29, 0.717) is 22.9 Å². The minimum Gasteiger partial charge on any atom is -0.489 e. The Morgan fingerprint density at radius 1 is 1.21 bits per heavy atom. The van der Waals surface area contributed by atoms with Gasteiger partial charge in [-0.3, -0.25) is 0 Å². The molecule has 0 spiro atoms. The third-order valence-corrected chi connectivity index (χ3v) is 3.01. The normalized spacial score (nSPS) is 10.2. The van der Waals surface area contributed by atoms with Gasteiger partial charge < -0.3 is 9.84 Å². The van der Waals surface area contributed by atoms with Crippen molar-refractivity contribution in [3.63, 3.8) is 0 Å². The summed E-state index contributed by atoms with van der Waals surface area (Å²) >= 11 is 5.80. The minimum atomic E-state index is -0.950. The van der Waals surface area contributed by atoms with Gasteiger partial charge in [0.25, 0.3) is 0 Å². The fourth-order valence-corrected chi connectivity index (χ4v) is 1.79. The highest BCUT2D eigenvalue weighted by Crippen LogP contribution is 2.19. The lowest BCUT2D eigenvalue weighted by Gasteiger charge is -2.08. The van der Waals surface area contributed by atoms with Gasteiger partial charge in [-0.2, -0.15) is 0 Å². The first-order valence-electron chi connectivity index (χ1n) is 5.77. The van der Waals surface area contributed by atoms with Crippen LogP contribution in [0.3, 0.4) is 0 Å². The third-order valence-electron chi connectivity index (χ3n) is 2.76. The molecule has 0 saturated heterocycles. The number of carbonyl (C=O) groups is 1. The van der Waals surface area contributed by atoms with E-state index in [9.17, 15) is 4.79 Å². The predicted molar refractivity (Wildman–Crippen MR) is 73.9 cm³/mol. The first-order chi connectivity index (χ1) is 9.06. The summed E-state index contributed by atoms with van der Waals surface area (Å²) in [5.41, 5.74) is 1.95. The van der Waals surface area contributed by atoms with Crippen LogP contribution >= 0.6 is 11.6 Å². The Bertz CT molecular complexity index is 591. The molecule has 0 amide bonds. The summed E-state index contributed by atoms with van der Waals surface area (Å²) in [5.74, 6) is -0.410. The molecule has 0 fully saturated rings. The summed E-state index contributed by atoms with van der Waals surface area (Å²) in [7, 11) is 0. The number of hydrogen-bond donors (Lipinski definition) is 1. The maximum atomic E-state index is 11.0. The molecule has 0 bridgehead atoms. The van der Waals surface area contributed by atoms with Gasteiger partial charge in [-0.25, -0.2) is 4.79 Å². The van der Waals surface area contributed by atoms with Crippen molar-refractivity contribution in [2.45, 2.75) is 13.5 Å². The Hall–Kier alpha value is -2.00. The number of benzene rings is 2. The fraction of sp³-hybridized carbons (Fsp3) is 0.133. The molecule has 2 rings (SSSR count). The van der Waals surface area contributed by atoms with E-state index in [-0.39, 0.29) is 5.56 Å². The Labute approximate surface area is 116 Å². The second-order valence-corrected chi connectivity index (χ2v) is 4.63. The van der Waals surface area contributed by atoms with Crippen LogP contribution in [0.1, 0.15) is 21.5 Å². The first kappa shape index (κ1) is 13.4. The van der Waals surface area contributed by atoms with Gasteiger partial charge in [0.05, 0.1) is 5.56 Å². The van der Waals surface area contributed by atoms with Crippen LogP contribution < -0.4 is 4.74 Å². The molecule has 2 aromatic rings. The number of carboxylic acid groups (broad SMARTS) is 1. The summed E-state index contributed by atoms with van der Waals surface area (Å²) in [4.78, 5) is 11.0.